The van der Waals surface area contributed by atoms with Crippen LogP contribution in [0.25, 0.3) is 11.4 Å². The van der Waals surface area contributed by atoms with Crippen molar-refractivity contribution in [3.05, 3.63) is 58.9 Å². The zero-order chi connectivity index (χ0) is 19.2. The normalized spacial score (nSPS) is 10.6. The highest BCUT2D eigenvalue weighted by molar-refractivity contribution is 7.99. The number of halogens is 1. The number of methoxy groups -OCH3 is 1. The van der Waals surface area contributed by atoms with Gasteiger partial charge in [-0.2, -0.15) is 4.98 Å². The van der Waals surface area contributed by atoms with E-state index in [1.54, 1.807) is 13.2 Å². The summed E-state index contributed by atoms with van der Waals surface area (Å²) < 4.78 is 10.4. The van der Waals surface area contributed by atoms with E-state index in [-0.39, 0.29) is 11.7 Å². The first-order chi connectivity index (χ1) is 13.0. The molecule has 0 unspecified atom stereocenters. The van der Waals surface area contributed by atoms with Gasteiger partial charge < -0.3 is 14.6 Å². The van der Waals surface area contributed by atoms with Crippen molar-refractivity contribution in [1.82, 2.24) is 10.1 Å². The van der Waals surface area contributed by atoms with Gasteiger partial charge in [-0.3, -0.25) is 4.79 Å². The lowest BCUT2D eigenvalue weighted by Gasteiger charge is -2.07. The molecule has 0 saturated carbocycles. The average Bonchev–Trinajstić information content (AvgIpc) is 3.13. The molecule has 2 aromatic carbocycles. The number of hydrogen-bond acceptors (Lipinski definition) is 6. The number of nitrogens with zero attached hydrogens (tertiary/aromatic N) is 2. The quantitative estimate of drug-likeness (QED) is 0.622. The van der Waals surface area contributed by atoms with E-state index in [0.29, 0.717) is 28.2 Å². The largest absolute Gasteiger partial charge is 0.497 e. The Labute approximate surface area is 166 Å². The highest BCUT2D eigenvalue weighted by atomic mass is 35.5. The van der Waals surface area contributed by atoms with Gasteiger partial charge in [-0.25, -0.2) is 0 Å². The number of aromatic nitrogens is 2. The number of ether oxygens (including phenoxy) is 1. The zero-order valence-corrected chi connectivity index (χ0v) is 16.4. The van der Waals surface area contributed by atoms with E-state index in [4.69, 9.17) is 20.9 Å². The van der Waals surface area contributed by atoms with Crippen molar-refractivity contribution >= 4 is 35.0 Å². The van der Waals surface area contributed by atoms with Gasteiger partial charge in [0.2, 0.25) is 17.6 Å². The van der Waals surface area contributed by atoms with Gasteiger partial charge in [0.1, 0.15) is 5.75 Å². The molecule has 0 aliphatic heterocycles. The molecule has 0 aliphatic carbocycles. The number of nitrogens with one attached hydrogen (secondary N) is 1. The van der Waals surface area contributed by atoms with Gasteiger partial charge in [0.05, 0.1) is 29.3 Å². The third-order valence-corrected chi connectivity index (χ3v) is 4.90. The Morgan fingerprint density at radius 3 is 2.74 bits per heavy atom. The molecule has 0 spiro atoms. The molecule has 8 heteroatoms. The van der Waals surface area contributed by atoms with Crippen molar-refractivity contribution in [3.63, 3.8) is 0 Å². The lowest BCUT2D eigenvalue weighted by Crippen LogP contribution is -2.14. The maximum Gasteiger partial charge on any atom is 0.236 e. The van der Waals surface area contributed by atoms with Gasteiger partial charge in [0.15, 0.2) is 0 Å². The monoisotopic (exact) mass is 403 g/mol. The number of anilines is 1. The molecule has 0 fully saturated rings. The highest BCUT2D eigenvalue weighted by Gasteiger charge is 2.11. The minimum absolute atomic E-state index is 0.138. The van der Waals surface area contributed by atoms with Crippen molar-refractivity contribution in [1.29, 1.82) is 0 Å². The molecule has 1 aromatic heterocycles. The maximum atomic E-state index is 12.1. The van der Waals surface area contributed by atoms with E-state index in [2.05, 4.69) is 15.5 Å². The van der Waals surface area contributed by atoms with Gasteiger partial charge in [-0.1, -0.05) is 22.8 Å². The van der Waals surface area contributed by atoms with Crippen LogP contribution in [0.15, 0.2) is 47.0 Å². The fourth-order valence-corrected chi connectivity index (χ4v) is 3.24. The van der Waals surface area contributed by atoms with E-state index in [9.17, 15) is 4.79 Å². The Balaban J connectivity index is 1.50. The van der Waals surface area contributed by atoms with E-state index >= 15 is 0 Å². The molecule has 1 heterocycles. The minimum Gasteiger partial charge on any atom is -0.497 e. The third-order valence-electron chi connectivity index (χ3n) is 3.67. The number of amides is 1. The molecule has 1 N–H and O–H groups in total. The van der Waals surface area contributed by atoms with Gasteiger partial charge in [0, 0.05) is 5.56 Å². The first-order valence-electron chi connectivity index (χ1n) is 8.16. The van der Waals surface area contributed by atoms with Crippen LogP contribution >= 0.6 is 23.4 Å². The maximum absolute atomic E-state index is 12.1. The summed E-state index contributed by atoms with van der Waals surface area (Å²) in [5, 5.41) is 7.29. The molecule has 0 radical (unpaired) electrons. The van der Waals surface area contributed by atoms with Crippen LogP contribution in [-0.2, 0) is 10.5 Å². The van der Waals surface area contributed by atoms with Crippen LogP contribution in [0.1, 0.15) is 11.5 Å². The third kappa shape index (κ3) is 5.24. The summed E-state index contributed by atoms with van der Waals surface area (Å²) in [5.41, 5.74) is 2.48. The van der Waals surface area contributed by atoms with Crippen LogP contribution in [-0.4, -0.2) is 28.9 Å². The Bertz CT molecular complexity index is 928. The summed E-state index contributed by atoms with van der Waals surface area (Å²) in [6, 6.07) is 12.9. The summed E-state index contributed by atoms with van der Waals surface area (Å²) >= 11 is 7.51. The highest BCUT2D eigenvalue weighted by Crippen LogP contribution is 2.24. The summed E-state index contributed by atoms with van der Waals surface area (Å²) in [4.78, 5) is 16.4. The van der Waals surface area contributed by atoms with E-state index in [1.807, 2.05) is 43.3 Å². The summed E-state index contributed by atoms with van der Waals surface area (Å²) in [5.74, 6) is 2.29. The number of hydrogen-bond donors (Lipinski definition) is 1. The number of rotatable bonds is 7. The van der Waals surface area contributed by atoms with E-state index in [1.165, 1.54) is 11.8 Å². The number of carbonyl (C=O) groups excluding carboxylic acids is 1. The second-order valence-electron chi connectivity index (χ2n) is 5.76. The fourth-order valence-electron chi connectivity index (χ4n) is 2.31. The molecule has 27 heavy (non-hydrogen) atoms. The molecule has 0 bridgehead atoms. The minimum atomic E-state index is -0.138. The second-order valence-corrected chi connectivity index (χ2v) is 7.16. The van der Waals surface area contributed by atoms with E-state index < -0.39 is 0 Å². The summed E-state index contributed by atoms with van der Waals surface area (Å²) in [6.07, 6.45) is 0. The molecular weight excluding hydrogens is 386 g/mol. The molecule has 140 valence electrons. The number of aryl methyl sites for hydroxylation is 1. The summed E-state index contributed by atoms with van der Waals surface area (Å²) in [7, 11) is 1.61. The predicted molar refractivity (Wildman–Crippen MR) is 107 cm³/mol. The lowest BCUT2D eigenvalue weighted by molar-refractivity contribution is -0.113. The van der Waals surface area contributed by atoms with Crippen LogP contribution in [0.5, 0.6) is 5.75 Å². The Kier molecular flexibility index (Phi) is 6.36. The second kappa shape index (κ2) is 8.92. The molecule has 0 saturated heterocycles. The van der Waals surface area contributed by atoms with Crippen LogP contribution in [0.2, 0.25) is 5.02 Å². The van der Waals surface area contributed by atoms with Gasteiger partial charge >= 0.3 is 0 Å². The molecule has 0 atom stereocenters. The molecule has 3 aromatic rings. The molecular formula is C19H18ClN3O3S. The van der Waals surface area contributed by atoms with Crippen molar-refractivity contribution in [2.75, 3.05) is 18.2 Å². The Hall–Kier alpha value is -2.51. The average molecular weight is 404 g/mol. The van der Waals surface area contributed by atoms with E-state index in [0.717, 1.165) is 16.9 Å². The molecule has 0 aliphatic rings. The Morgan fingerprint density at radius 2 is 2.04 bits per heavy atom. The van der Waals surface area contributed by atoms with Gasteiger partial charge in [-0.15, -0.1) is 11.8 Å². The van der Waals surface area contributed by atoms with Crippen LogP contribution in [0.3, 0.4) is 0 Å². The number of carbonyl (C=O) groups is 1. The van der Waals surface area contributed by atoms with Crippen molar-refractivity contribution < 1.29 is 14.1 Å². The SMILES string of the molecule is COc1ccc(-c2noc(CSCC(=O)Nc3ccc(C)cc3Cl)n2)cc1. The van der Waals surface area contributed by atoms with Gasteiger partial charge in [-0.05, 0) is 48.9 Å². The van der Waals surface area contributed by atoms with Crippen molar-refractivity contribution in [2.24, 2.45) is 0 Å². The van der Waals surface area contributed by atoms with Crippen LogP contribution in [0, 0.1) is 6.92 Å². The molecule has 1 amide bonds. The first-order valence-corrected chi connectivity index (χ1v) is 9.69. The lowest BCUT2D eigenvalue weighted by atomic mass is 10.2. The smallest absolute Gasteiger partial charge is 0.236 e. The predicted octanol–water partition coefficient (Wildman–Crippen LogP) is 4.58. The first kappa shape index (κ1) is 19.3. The molecule has 6 nitrogen and oxygen atoms in total. The number of benzene rings is 2. The Morgan fingerprint density at radius 1 is 1.26 bits per heavy atom. The molecule has 3 rings (SSSR count). The fraction of sp³-hybridized carbons (Fsp3) is 0.211. The number of thioether (sulfide) groups is 1. The van der Waals surface area contributed by atoms with Gasteiger partial charge in [0.25, 0.3) is 0 Å². The topological polar surface area (TPSA) is 77.2 Å². The van der Waals surface area contributed by atoms with Crippen LogP contribution < -0.4 is 10.1 Å². The van der Waals surface area contributed by atoms with Crippen molar-refractivity contribution in [2.45, 2.75) is 12.7 Å². The zero-order valence-electron chi connectivity index (χ0n) is 14.9. The van der Waals surface area contributed by atoms with Crippen molar-refractivity contribution in [3.8, 4) is 17.1 Å². The standard InChI is InChI=1S/C19H18ClN3O3S/c1-12-3-8-16(15(20)9-12)21-17(24)10-27-11-18-22-19(23-26-18)13-4-6-14(25-2)7-5-13/h3-9H,10-11H2,1-2H3,(H,21,24). The van der Waals surface area contributed by atoms with Crippen LogP contribution in [0.4, 0.5) is 5.69 Å². The summed E-state index contributed by atoms with van der Waals surface area (Å²) in [6.45, 7) is 1.94.